The van der Waals surface area contributed by atoms with Gasteiger partial charge in [0.15, 0.2) is 0 Å². The zero-order valence-corrected chi connectivity index (χ0v) is 5.28. The Labute approximate surface area is 59.2 Å². The first-order valence-electron chi connectivity index (χ1n) is 2.84. The third kappa shape index (κ3) is 1.20. The van der Waals surface area contributed by atoms with Crippen LogP contribution in [0.5, 0.6) is 0 Å². The van der Waals surface area contributed by atoms with Crippen LogP contribution in [0.25, 0.3) is 0 Å². The highest BCUT2D eigenvalue weighted by atomic mass is 14.3. The van der Waals surface area contributed by atoms with Crippen LogP contribution in [0.3, 0.4) is 0 Å². The van der Waals surface area contributed by atoms with Gasteiger partial charge in [-0.05, 0) is 17.7 Å². The number of nitrogens with zero attached hydrogens (tertiary/aromatic N) is 2. The predicted molar refractivity (Wildman–Crippen MR) is 38.5 cm³/mol. The third-order valence-corrected chi connectivity index (χ3v) is 1.16. The van der Waals surface area contributed by atoms with Crippen molar-refractivity contribution in [2.75, 3.05) is 0 Å². The molecule has 0 aliphatic heterocycles. The van der Waals surface area contributed by atoms with Crippen molar-refractivity contribution in [2.24, 2.45) is 0 Å². The topological polar surface area (TPSA) is 46.1 Å². The van der Waals surface area contributed by atoms with E-state index in [-0.39, 0.29) is 0 Å². The van der Waals surface area contributed by atoms with Crippen molar-refractivity contribution in [3.8, 4) is 6.07 Å². The lowest BCUT2D eigenvalue weighted by molar-refractivity contribution is 1.48. The summed E-state index contributed by atoms with van der Waals surface area (Å²) in [6.07, 6.45) is 0.973. The molecule has 2 nitrogen and oxygen atoms in total. The van der Waals surface area contributed by atoms with Crippen molar-refractivity contribution in [2.45, 2.75) is 0 Å². The molecule has 10 heavy (non-hydrogen) atoms. The molecular formula is C8H5N2. The van der Waals surface area contributed by atoms with Crippen LogP contribution < -0.4 is 5.41 Å². The van der Waals surface area contributed by atoms with E-state index in [1.807, 2.05) is 6.07 Å². The Hall–Kier alpha value is -1.62. The van der Waals surface area contributed by atoms with Gasteiger partial charge in [-0.15, -0.1) is 0 Å². The second-order valence-corrected chi connectivity index (χ2v) is 1.87. The van der Waals surface area contributed by atoms with Gasteiger partial charge in [0.2, 0.25) is 0 Å². The fourth-order valence-corrected chi connectivity index (χ4v) is 0.689. The van der Waals surface area contributed by atoms with E-state index >= 15 is 0 Å². The van der Waals surface area contributed by atoms with Crippen LogP contribution in [0, 0.1) is 11.3 Å². The molecule has 0 atom stereocenters. The van der Waals surface area contributed by atoms with E-state index in [4.69, 9.17) is 10.7 Å². The van der Waals surface area contributed by atoms with Gasteiger partial charge in [-0.3, -0.25) is 0 Å². The molecule has 47 valence electrons. The van der Waals surface area contributed by atoms with E-state index in [2.05, 4.69) is 0 Å². The molecule has 0 bridgehead atoms. The minimum absolute atomic E-state index is 0.558. The molecule has 0 aliphatic rings. The van der Waals surface area contributed by atoms with Gasteiger partial charge in [0.25, 0.3) is 0 Å². The van der Waals surface area contributed by atoms with Crippen LogP contribution in [0.4, 0.5) is 0 Å². The smallest absolute Gasteiger partial charge is 0.0991 e. The van der Waals surface area contributed by atoms with Gasteiger partial charge in [-0.1, -0.05) is 12.1 Å². The molecule has 1 aromatic rings. The minimum Gasteiger partial charge on any atom is -0.192 e. The van der Waals surface area contributed by atoms with Gasteiger partial charge in [0.1, 0.15) is 0 Å². The fourth-order valence-electron chi connectivity index (χ4n) is 0.689. The maximum atomic E-state index is 8.52. The molecule has 0 aliphatic carbocycles. The highest BCUT2D eigenvalue weighted by molar-refractivity contribution is 5.78. The number of benzene rings is 1. The van der Waals surface area contributed by atoms with Crippen LogP contribution in [0.2, 0.25) is 0 Å². The third-order valence-electron chi connectivity index (χ3n) is 1.16. The number of hydrogen-bond donors (Lipinski definition) is 0. The summed E-state index contributed by atoms with van der Waals surface area (Å²) in [5, 5.41) is 16.9. The molecule has 0 fully saturated rings. The molecule has 1 radical (unpaired) electrons. The van der Waals surface area contributed by atoms with Crippen molar-refractivity contribution >= 4 is 6.21 Å². The average molecular weight is 129 g/mol. The van der Waals surface area contributed by atoms with Gasteiger partial charge in [-0.2, -0.15) is 10.7 Å². The van der Waals surface area contributed by atoms with Crippen LogP contribution in [0.15, 0.2) is 24.3 Å². The molecular weight excluding hydrogens is 124 g/mol. The first-order chi connectivity index (χ1) is 4.86. The summed E-state index contributed by atoms with van der Waals surface area (Å²) in [6, 6.07) is 8.72. The lowest BCUT2D eigenvalue weighted by atomic mass is 10.1. The maximum absolute atomic E-state index is 8.52. The Bertz CT molecular complexity index is 284. The molecule has 0 amide bonds. The molecule has 0 saturated heterocycles. The van der Waals surface area contributed by atoms with Crippen molar-refractivity contribution < 1.29 is 0 Å². The molecule has 0 saturated carbocycles. The van der Waals surface area contributed by atoms with E-state index in [1.165, 1.54) is 0 Å². The van der Waals surface area contributed by atoms with Crippen LogP contribution in [0.1, 0.15) is 11.1 Å². The summed E-state index contributed by atoms with van der Waals surface area (Å²) in [5.41, 5.74) is 1.21. The summed E-state index contributed by atoms with van der Waals surface area (Å²) in [5.74, 6) is 0. The summed E-state index contributed by atoms with van der Waals surface area (Å²) >= 11 is 0. The summed E-state index contributed by atoms with van der Waals surface area (Å²) in [4.78, 5) is 0. The lowest BCUT2D eigenvalue weighted by Gasteiger charge is -1.88. The van der Waals surface area contributed by atoms with Crippen molar-refractivity contribution in [1.29, 1.82) is 5.26 Å². The van der Waals surface area contributed by atoms with E-state index in [9.17, 15) is 0 Å². The molecule has 0 heterocycles. The van der Waals surface area contributed by atoms with E-state index in [0.29, 0.717) is 11.1 Å². The van der Waals surface area contributed by atoms with Crippen molar-refractivity contribution in [3.63, 3.8) is 0 Å². The zero-order chi connectivity index (χ0) is 7.40. The van der Waals surface area contributed by atoms with Gasteiger partial charge in [0, 0.05) is 0 Å². The molecule has 1 aromatic carbocycles. The van der Waals surface area contributed by atoms with Crippen molar-refractivity contribution in [3.05, 3.63) is 35.4 Å². The Balaban J connectivity index is 3.13. The van der Waals surface area contributed by atoms with Gasteiger partial charge in [0.05, 0.1) is 17.8 Å². The highest BCUT2D eigenvalue weighted by Gasteiger charge is 1.89. The molecule has 1 rings (SSSR count). The Morgan fingerprint density at radius 1 is 1.40 bits per heavy atom. The first-order valence-corrected chi connectivity index (χ1v) is 2.84. The van der Waals surface area contributed by atoms with Crippen LogP contribution >= 0.6 is 0 Å². The number of hydrogen-bond acceptors (Lipinski definition) is 1. The van der Waals surface area contributed by atoms with Gasteiger partial charge in [-0.25, -0.2) is 0 Å². The predicted octanol–water partition coefficient (Wildman–Crippen LogP) is 0.777. The van der Waals surface area contributed by atoms with Crippen LogP contribution in [-0.2, 0) is 0 Å². The maximum Gasteiger partial charge on any atom is 0.0991 e. The Morgan fingerprint density at radius 3 is 2.80 bits per heavy atom. The Morgan fingerprint density at radius 2 is 2.20 bits per heavy atom. The van der Waals surface area contributed by atoms with Crippen molar-refractivity contribution in [1.82, 2.24) is 5.41 Å². The van der Waals surface area contributed by atoms with E-state index < -0.39 is 0 Å². The average Bonchev–Trinajstić information content (AvgIpc) is 2.05. The molecule has 2 heteroatoms. The van der Waals surface area contributed by atoms with Crippen LogP contribution in [-0.4, -0.2) is 6.21 Å². The SMILES string of the molecule is [N]=Cc1cccc(C#N)c1. The Kier molecular flexibility index (Phi) is 1.81. The number of nitriles is 1. The van der Waals surface area contributed by atoms with Gasteiger partial charge < -0.3 is 0 Å². The monoisotopic (exact) mass is 129 g/mol. The lowest BCUT2D eigenvalue weighted by Crippen LogP contribution is -1.81. The zero-order valence-electron chi connectivity index (χ0n) is 5.28. The second-order valence-electron chi connectivity index (χ2n) is 1.87. The quantitative estimate of drug-likeness (QED) is 0.517. The fraction of sp³-hybridized carbons (Fsp3) is 0. The summed E-state index contributed by atoms with van der Waals surface area (Å²) in [6.45, 7) is 0. The van der Waals surface area contributed by atoms with E-state index in [0.717, 1.165) is 6.21 Å². The largest absolute Gasteiger partial charge is 0.192 e. The summed E-state index contributed by atoms with van der Waals surface area (Å²) < 4.78 is 0. The normalized spacial score (nSPS) is 8.30. The molecule has 0 aromatic heterocycles. The highest BCUT2D eigenvalue weighted by Crippen LogP contribution is 1.99. The van der Waals surface area contributed by atoms with Gasteiger partial charge >= 0.3 is 0 Å². The second kappa shape index (κ2) is 2.79. The summed E-state index contributed by atoms with van der Waals surface area (Å²) in [7, 11) is 0. The number of rotatable bonds is 1. The standard InChI is InChI=1S/C8H5N2/c9-5-7-2-1-3-8(4-7)6-10/h1-5H. The minimum atomic E-state index is 0.558. The molecule has 0 unspecified atom stereocenters. The molecule has 0 N–H and O–H groups in total. The van der Waals surface area contributed by atoms with E-state index in [1.54, 1.807) is 24.3 Å². The molecule has 0 spiro atoms. The first kappa shape index (κ1) is 6.50.